The van der Waals surface area contributed by atoms with Crippen LogP contribution < -0.4 is 5.32 Å². The first kappa shape index (κ1) is 24.6. The lowest BCUT2D eigenvalue weighted by Crippen LogP contribution is -2.40. The Morgan fingerprint density at radius 2 is 1.53 bits per heavy atom. The van der Waals surface area contributed by atoms with E-state index in [1.807, 2.05) is 0 Å². The third-order valence-corrected chi connectivity index (χ3v) is 8.91. The van der Waals surface area contributed by atoms with Gasteiger partial charge in [0.1, 0.15) is 0 Å². The van der Waals surface area contributed by atoms with Crippen molar-refractivity contribution in [1.29, 1.82) is 0 Å². The van der Waals surface area contributed by atoms with Gasteiger partial charge in [0.25, 0.3) is 5.91 Å². The lowest BCUT2D eigenvalue weighted by Gasteiger charge is -2.28. The molecule has 32 heavy (non-hydrogen) atoms. The Kier molecular flexibility index (Phi) is 7.91. The summed E-state index contributed by atoms with van der Waals surface area (Å²) in [6.07, 6.45) is 4.56. The minimum Gasteiger partial charge on any atom is -0.455 e. The van der Waals surface area contributed by atoms with Gasteiger partial charge in [-0.05, 0) is 49.9 Å². The molecule has 1 N–H and O–H groups in total. The number of hydrogen-bond acceptors (Lipinski definition) is 7. The van der Waals surface area contributed by atoms with Crippen molar-refractivity contribution in [3.05, 3.63) is 24.3 Å². The molecule has 12 heteroatoms. The highest BCUT2D eigenvalue weighted by Gasteiger charge is 2.30. The van der Waals surface area contributed by atoms with Crippen LogP contribution in [0.5, 0.6) is 0 Å². The number of carbonyl (C=O) groups excluding carboxylic acids is 2. The molecule has 0 aromatic heterocycles. The minimum absolute atomic E-state index is 0.171. The van der Waals surface area contributed by atoms with Crippen molar-refractivity contribution in [1.82, 2.24) is 8.61 Å². The molecular formula is C20H29N3O7S2. The molecule has 10 nitrogen and oxygen atoms in total. The molecule has 3 rings (SSSR count). The third-order valence-electron chi connectivity index (χ3n) is 5.69. The third kappa shape index (κ3) is 6.27. The summed E-state index contributed by atoms with van der Waals surface area (Å²) in [5, 5.41) is 2.57. The molecule has 1 aromatic rings. The van der Waals surface area contributed by atoms with Gasteiger partial charge in [-0.15, -0.1) is 0 Å². The molecule has 0 unspecified atom stereocenters. The fourth-order valence-corrected chi connectivity index (χ4v) is 6.23. The van der Waals surface area contributed by atoms with Crippen LogP contribution in [0.1, 0.15) is 32.1 Å². The molecule has 178 valence electrons. The molecule has 2 fully saturated rings. The molecular weight excluding hydrogens is 458 g/mol. The topological polar surface area (TPSA) is 130 Å². The molecule has 2 aliphatic heterocycles. The second-order valence-corrected chi connectivity index (χ2v) is 12.0. The lowest BCUT2D eigenvalue weighted by atomic mass is 9.98. The fraction of sp³-hybridized carbons (Fsp3) is 0.600. The summed E-state index contributed by atoms with van der Waals surface area (Å²) in [7, 11) is -6.82. The smallest absolute Gasteiger partial charge is 0.309 e. The van der Waals surface area contributed by atoms with Crippen molar-refractivity contribution in [2.24, 2.45) is 5.92 Å². The molecule has 0 bridgehead atoms. The molecule has 0 spiro atoms. The number of sulfonamides is 2. The zero-order chi connectivity index (χ0) is 23.4. The predicted molar refractivity (Wildman–Crippen MR) is 118 cm³/mol. The van der Waals surface area contributed by atoms with Gasteiger partial charge in [0.2, 0.25) is 20.0 Å². The standard InChI is InChI=1S/C20H29N3O7S2/c1-31(26,27)22-13-9-16(10-14-22)20(25)30-15-19(24)21-17-5-7-18(8-6-17)32(28,29)23-11-3-2-4-12-23/h5-8,16H,2-4,9-15H2,1H3,(H,21,24). The van der Waals surface area contributed by atoms with E-state index in [2.05, 4.69) is 5.32 Å². The fourth-order valence-electron chi connectivity index (χ4n) is 3.84. The molecule has 0 saturated carbocycles. The molecule has 0 radical (unpaired) electrons. The van der Waals surface area contributed by atoms with Crippen molar-refractivity contribution in [3.8, 4) is 0 Å². The van der Waals surface area contributed by atoms with Crippen LogP contribution in [0.2, 0.25) is 0 Å². The highest BCUT2D eigenvalue weighted by Crippen LogP contribution is 2.22. The number of anilines is 1. The predicted octanol–water partition coefficient (Wildman–Crippen LogP) is 1.01. The van der Waals surface area contributed by atoms with E-state index >= 15 is 0 Å². The zero-order valence-electron chi connectivity index (χ0n) is 18.0. The zero-order valence-corrected chi connectivity index (χ0v) is 19.7. The van der Waals surface area contributed by atoms with Crippen molar-refractivity contribution < 1.29 is 31.2 Å². The summed E-state index contributed by atoms with van der Waals surface area (Å²) in [5.74, 6) is -1.52. The van der Waals surface area contributed by atoms with Gasteiger partial charge in [-0.3, -0.25) is 9.59 Å². The van der Waals surface area contributed by atoms with E-state index in [0.717, 1.165) is 25.5 Å². The molecule has 1 amide bonds. The largest absolute Gasteiger partial charge is 0.455 e. The Morgan fingerprint density at radius 3 is 2.09 bits per heavy atom. The highest BCUT2D eigenvalue weighted by molar-refractivity contribution is 7.89. The molecule has 2 heterocycles. The van der Waals surface area contributed by atoms with Crippen LogP contribution in [-0.2, 0) is 34.4 Å². The molecule has 1 aromatic carbocycles. The summed E-state index contributed by atoms with van der Waals surface area (Å²) in [6.45, 7) is 1.05. The van der Waals surface area contributed by atoms with E-state index in [-0.39, 0.29) is 18.0 Å². The number of carbonyl (C=O) groups is 2. The Labute approximate surface area is 189 Å². The maximum atomic E-state index is 12.7. The summed E-state index contributed by atoms with van der Waals surface area (Å²) in [4.78, 5) is 24.5. The van der Waals surface area contributed by atoms with Crippen LogP contribution in [-0.4, -0.2) is 76.4 Å². The van der Waals surface area contributed by atoms with Gasteiger partial charge in [-0.2, -0.15) is 4.31 Å². The summed E-state index contributed by atoms with van der Waals surface area (Å²) in [5.41, 5.74) is 0.394. The number of amides is 1. The Morgan fingerprint density at radius 1 is 0.938 bits per heavy atom. The van der Waals surface area contributed by atoms with Crippen LogP contribution in [0.4, 0.5) is 5.69 Å². The van der Waals surface area contributed by atoms with Crippen LogP contribution in [0.3, 0.4) is 0 Å². The van der Waals surface area contributed by atoms with Gasteiger partial charge in [0, 0.05) is 31.9 Å². The van der Waals surface area contributed by atoms with Crippen LogP contribution in [0.15, 0.2) is 29.2 Å². The van der Waals surface area contributed by atoms with Crippen LogP contribution in [0.25, 0.3) is 0 Å². The van der Waals surface area contributed by atoms with E-state index in [4.69, 9.17) is 4.74 Å². The number of esters is 1. The van der Waals surface area contributed by atoms with Gasteiger partial charge >= 0.3 is 5.97 Å². The average molecular weight is 488 g/mol. The first-order chi connectivity index (χ1) is 15.1. The first-order valence-electron chi connectivity index (χ1n) is 10.6. The number of rotatable bonds is 7. The Bertz CT molecular complexity index is 1030. The van der Waals surface area contributed by atoms with Gasteiger partial charge in [0.05, 0.1) is 17.1 Å². The van der Waals surface area contributed by atoms with Crippen molar-refractivity contribution in [2.45, 2.75) is 37.0 Å². The minimum atomic E-state index is -3.54. The normalized spacial score (nSPS) is 19.4. The van der Waals surface area contributed by atoms with E-state index in [9.17, 15) is 26.4 Å². The van der Waals surface area contributed by atoms with Gasteiger partial charge in [-0.1, -0.05) is 6.42 Å². The number of piperidine rings is 2. The number of ether oxygens (including phenoxy) is 1. The van der Waals surface area contributed by atoms with Gasteiger partial charge in [-0.25, -0.2) is 21.1 Å². The summed E-state index contributed by atoms with van der Waals surface area (Å²) >= 11 is 0. The number of hydrogen-bond donors (Lipinski definition) is 1. The second-order valence-electron chi connectivity index (χ2n) is 8.08. The average Bonchev–Trinajstić information content (AvgIpc) is 2.78. The maximum Gasteiger partial charge on any atom is 0.309 e. The molecule has 2 aliphatic rings. The number of nitrogens with one attached hydrogen (secondary N) is 1. The maximum absolute atomic E-state index is 12.7. The highest BCUT2D eigenvalue weighted by atomic mass is 32.2. The van der Waals surface area contributed by atoms with E-state index in [1.165, 1.54) is 32.9 Å². The Hall–Kier alpha value is -2.02. The van der Waals surface area contributed by atoms with Gasteiger partial charge < -0.3 is 10.1 Å². The first-order valence-corrected chi connectivity index (χ1v) is 13.9. The van der Waals surface area contributed by atoms with Crippen molar-refractivity contribution in [2.75, 3.05) is 44.4 Å². The summed E-state index contributed by atoms with van der Waals surface area (Å²) < 4.78 is 56.3. The van der Waals surface area contributed by atoms with E-state index in [1.54, 1.807) is 0 Å². The van der Waals surface area contributed by atoms with E-state index in [0.29, 0.717) is 31.6 Å². The quantitative estimate of drug-likeness (QED) is 0.568. The summed E-state index contributed by atoms with van der Waals surface area (Å²) in [6, 6.07) is 5.89. The van der Waals surface area contributed by atoms with Gasteiger partial charge in [0.15, 0.2) is 6.61 Å². The molecule has 0 atom stereocenters. The SMILES string of the molecule is CS(=O)(=O)N1CCC(C(=O)OCC(=O)Nc2ccc(S(=O)(=O)N3CCCCC3)cc2)CC1. The molecule has 0 aliphatic carbocycles. The van der Waals surface area contributed by atoms with Crippen LogP contribution in [0, 0.1) is 5.92 Å². The number of benzene rings is 1. The Balaban J connectivity index is 1.46. The van der Waals surface area contributed by atoms with Crippen LogP contribution >= 0.6 is 0 Å². The van der Waals surface area contributed by atoms with Crippen molar-refractivity contribution in [3.63, 3.8) is 0 Å². The second kappa shape index (κ2) is 10.3. The monoisotopic (exact) mass is 487 g/mol. The van der Waals surface area contributed by atoms with Crippen molar-refractivity contribution >= 4 is 37.6 Å². The number of nitrogens with zero attached hydrogens (tertiary/aromatic N) is 2. The molecule has 2 saturated heterocycles. The lowest BCUT2D eigenvalue weighted by molar-refractivity contribution is -0.152. The van der Waals surface area contributed by atoms with E-state index < -0.39 is 44.4 Å².